The lowest BCUT2D eigenvalue weighted by Crippen LogP contribution is -2.11. The third-order valence-corrected chi connectivity index (χ3v) is 3.49. The monoisotopic (exact) mass is 301 g/mol. The number of benzene rings is 2. The largest absolute Gasteiger partial charge is 0.478 e. The van der Waals surface area contributed by atoms with Gasteiger partial charge < -0.3 is 10.0 Å². The molecule has 0 atom stereocenters. The van der Waals surface area contributed by atoms with Crippen LogP contribution in [0.3, 0.4) is 0 Å². The highest BCUT2D eigenvalue weighted by atomic mass is 35.5. The van der Waals surface area contributed by atoms with Crippen LogP contribution in [0.15, 0.2) is 48.5 Å². The summed E-state index contributed by atoms with van der Waals surface area (Å²) in [4.78, 5) is 12.7. The summed E-state index contributed by atoms with van der Waals surface area (Å²) >= 11 is 6.30. The van der Waals surface area contributed by atoms with Gasteiger partial charge in [0.25, 0.3) is 0 Å². The lowest BCUT2D eigenvalue weighted by atomic mass is 10.1. The van der Waals surface area contributed by atoms with Gasteiger partial charge in [-0.25, -0.2) is 4.79 Å². The molecule has 4 heteroatoms. The van der Waals surface area contributed by atoms with Gasteiger partial charge in [0.2, 0.25) is 0 Å². The normalized spacial score (nSPS) is 10.8. The van der Waals surface area contributed by atoms with Gasteiger partial charge >= 0.3 is 5.97 Å². The number of nitrogens with zero attached hydrogens (tertiary/aromatic N) is 1. The molecule has 108 valence electrons. The van der Waals surface area contributed by atoms with Crippen LogP contribution < -0.4 is 4.90 Å². The number of halogens is 1. The van der Waals surface area contributed by atoms with Gasteiger partial charge in [0.1, 0.15) is 0 Å². The number of aliphatic carboxylic acids is 1. The Morgan fingerprint density at radius 2 is 1.86 bits per heavy atom. The van der Waals surface area contributed by atoms with Crippen LogP contribution in [0.2, 0.25) is 5.02 Å². The fraction of sp³-hybridized carbons (Fsp3) is 0.118. The second-order valence-electron chi connectivity index (χ2n) is 4.74. The highest BCUT2D eigenvalue weighted by Gasteiger charge is 2.12. The number of carboxylic acid groups (broad SMARTS) is 1. The van der Waals surface area contributed by atoms with Crippen LogP contribution in [0.1, 0.15) is 11.1 Å². The summed E-state index contributed by atoms with van der Waals surface area (Å²) in [5.41, 5.74) is 3.70. The van der Waals surface area contributed by atoms with E-state index < -0.39 is 5.97 Å². The average molecular weight is 302 g/mol. The second kappa shape index (κ2) is 6.46. The molecule has 0 aliphatic carbocycles. The first-order chi connectivity index (χ1) is 9.99. The van der Waals surface area contributed by atoms with Gasteiger partial charge in [-0.15, -0.1) is 0 Å². The molecule has 21 heavy (non-hydrogen) atoms. The molecule has 0 amide bonds. The molecule has 2 rings (SSSR count). The zero-order chi connectivity index (χ0) is 15.4. The minimum absolute atomic E-state index is 0.575. The summed E-state index contributed by atoms with van der Waals surface area (Å²) in [5.74, 6) is -0.987. The summed E-state index contributed by atoms with van der Waals surface area (Å²) in [6.45, 7) is 2.03. The van der Waals surface area contributed by atoms with Gasteiger partial charge in [-0.2, -0.15) is 0 Å². The third-order valence-electron chi connectivity index (χ3n) is 3.18. The van der Waals surface area contributed by atoms with E-state index in [1.54, 1.807) is 18.2 Å². The Labute approximate surface area is 129 Å². The number of rotatable bonds is 4. The van der Waals surface area contributed by atoms with Crippen molar-refractivity contribution < 1.29 is 9.90 Å². The summed E-state index contributed by atoms with van der Waals surface area (Å²) in [5, 5.41) is 9.36. The fourth-order valence-electron chi connectivity index (χ4n) is 2.08. The zero-order valence-electron chi connectivity index (χ0n) is 11.9. The number of hydrogen-bond acceptors (Lipinski definition) is 2. The van der Waals surface area contributed by atoms with Crippen LogP contribution in [0, 0.1) is 6.92 Å². The minimum atomic E-state index is -0.987. The first-order valence-corrected chi connectivity index (χ1v) is 6.87. The smallest absolute Gasteiger partial charge is 0.328 e. The van der Waals surface area contributed by atoms with E-state index in [0.717, 1.165) is 23.0 Å². The van der Waals surface area contributed by atoms with Gasteiger partial charge in [-0.3, -0.25) is 0 Å². The maximum Gasteiger partial charge on any atom is 0.328 e. The van der Waals surface area contributed by atoms with Gasteiger partial charge in [-0.1, -0.05) is 41.4 Å². The minimum Gasteiger partial charge on any atom is -0.478 e. The van der Waals surface area contributed by atoms with Gasteiger partial charge in [0, 0.05) is 18.8 Å². The van der Waals surface area contributed by atoms with Crippen molar-refractivity contribution in [3.63, 3.8) is 0 Å². The molecular formula is C17H16ClNO2. The van der Waals surface area contributed by atoms with Crippen LogP contribution in [-0.4, -0.2) is 18.1 Å². The van der Waals surface area contributed by atoms with Gasteiger partial charge in [0.05, 0.1) is 10.7 Å². The molecule has 0 saturated carbocycles. The predicted molar refractivity (Wildman–Crippen MR) is 87.4 cm³/mol. The van der Waals surface area contributed by atoms with E-state index in [0.29, 0.717) is 5.02 Å². The average Bonchev–Trinajstić information content (AvgIpc) is 2.45. The Hall–Kier alpha value is -2.26. The molecule has 0 spiro atoms. The number of hydrogen-bond donors (Lipinski definition) is 1. The first kappa shape index (κ1) is 15.1. The van der Waals surface area contributed by atoms with Crippen LogP contribution in [-0.2, 0) is 4.79 Å². The van der Waals surface area contributed by atoms with Crippen molar-refractivity contribution in [2.75, 3.05) is 11.9 Å². The topological polar surface area (TPSA) is 40.5 Å². The van der Waals surface area contributed by atoms with E-state index in [2.05, 4.69) is 0 Å². The predicted octanol–water partition coefficient (Wildman–Crippen LogP) is 4.51. The Morgan fingerprint density at radius 3 is 2.48 bits per heavy atom. The van der Waals surface area contributed by atoms with Crippen molar-refractivity contribution in [2.24, 2.45) is 0 Å². The standard InChI is InChI=1S/C17H16ClNO2/c1-12-6-9-14(10-7-12)19(2)17-13(8-11-16(20)21)4-3-5-15(17)18/h3-11H,1-2H3,(H,20,21)/b11-8+. The molecule has 2 aromatic rings. The Morgan fingerprint density at radius 1 is 1.19 bits per heavy atom. The Bertz CT molecular complexity index is 678. The summed E-state index contributed by atoms with van der Waals surface area (Å²) < 4.78 is 0. The van der Waals surface area contributed by atoms with Crippen molar-refractivity contribution in [1.82, 2.24) is 0 Å². The number of anilines is 2. The lowest BCUT2D eigenvalue weighted by Gasteiger charge is -2.23. The summed E-state index contributed by atoms with van der Waals surface area (Å²) in [6.07, 6.45) is 2.66. The quantitative estimate of drug-likeness (QED) is 0.844. The Balaban J connectivity index is 2.46. The van der Waals surface area contributed by atoms with E-state index in [1.165, 1.54) is 5.56 Å². The highest BCUT2D eigenvalue weighted by Crippen LogP contribution is 2.34. The van der Waals surface area contributed by atoms with E-state index in [4.69, 9.17) is 16.7 Å². The Kier molecular flexibility index (Phi) is 4.66. The molecule has 0 aliphatic heterocycles. The summed E-state index contributed by atoms with van der Waals surface area (Å²) in [7, 11) is 1.91. The zero-order valence-corrected chi connectivity index (χ0v) is 12.6. The molecule has 2 aromatic carbocycles. The molecule has 0 saturated heterocycles. The SMILES string of the molecule is Cc1ccc(N(C)c2c(Cl)cccc2/C=C/C(=O)O)cc1. The molecule has 0 aliphatic rings. The first-order valence-electron chi connectivity index (χ1n) is 6.49. The number of carboxylic acids is 1. The number of aryl methyl sites for hydroxylation is 1. The van der Waals surface area contributed by atoms with Gasteiger partial charge in [0.15, 0.2) is 0 Å². The molecule has 0 aromatic heterocycles. The van der Waals surface area contributed by atoms with E-state index >= 15 is 0 Å². The molecular weight excluding hydrogens is 286 g/mol. The lowest BCUT2D eigenvalue weighted by molar-refractivity contribution is -0.131. The third kappa shape index (κ3) is 3.64. The summed E-state index contributed by atoms with van der Waals surface area (Å²) in [6, 6.07) is 13.5. The molecule has 0 fully saturated rings. The second-order valence-corrected chi connectivity index (χ2v) is 5.15. The van der Waals surface area contributed by atoms with E-state index in [-0.39, 0.29) is 0 Å². The van der Waals surface area contributed by atoms with Gasteiger partial charge in [-0.05, 0) is 36.8 Å². The van der Waals surface area contributed by atoms with Crippen LogP contribution in [0.5, 0.6) is 0 Å². The molecule has 1 N–H and O–H groups in total. The van der Waals surface area contributed by atoms with Crippen molar-refractivity contribution >= 4 is 35.0 Å². The molecule has 0 bridgehead atoms. The number of para-hydroxylation sites is 1. The van der Waals surface area contributed by atoms with Crippen molar-refractivity contribution in [3.8, 4) is 0 Å². The van der Waals surface area contributed by atoms with E-state index in [1.807, 2.05) is 49.2 Å². The molecule has 0 radical (unpaired) electrons. The van der Waals surface area contributed by atoms with Crippen LogP contribution >= 0.6 is 11.6 Å². The van der Waals surface area contributed by atoms with Crippen molar-refractivity contribution in [3.05, 3.63) is 64.7 Å². The maximum absolute atomic E-state index is 10.7. The molecule has 3 nitrogen and oxygen atoms in total. The molecule has 0 heterocycles. The van der Waals surface area contributed by atoms with Crippen LogP contribution in [0.4, 0.5) is 11.4 Å². The number of carbonyl (C=O) groups is 1. The fourth-order valence-corrected chi connectivity index (χ4v) is 2.39. The van der Waals surface area contributed by atoms with Crippen molar-refractivity contribution in [1.29, 1.82) is 0 Å². The van der Waals surface area contributed by atoms with E-state index in [9.17, 15) is 4.79 Å². The van der Waals surface area contributed by atoms with Crippen LogP contribution in [0.25, 0.3) is 6.08 Å². The van der Waals surface area contributed by atoms with Crippen molar-refractivity contribution in [2.45, 2.75) is 6.92 Å². The molecule has 0 unspecified atom stereocenters. The maximum atomic E-state index is 10.7. The highest BCUT2D eigenvalue weighted by molar-refractivity contribution is 6.33.